The standard InChI is InChI=1S/C15H15I3N2O6/c1-6(21)19-5-7-11(16)10(15(25)26)13(18)14(12(7)17)20-8(22)3-2-4-9(23)24/h2-5H2,1H3,(H,19,21)(H,20,22)(H,23,24)(H,25,26). The lowest BCUT2D eigenvalue weighted by Crippen LogP contribution is -2.23. The van der Waals surface area contributed by atoms with Gasteiger partial charge in [-0.25, -0.2) is 4.79 Å². The Morgan fingerprint density at radius 1 is 0.962 bits per heavy atom. The summed E-state index contributed by atoms with van der Waals surface area (Å²) in [6.45, 7) is 1.49. The van der Waals surface area contributed by atoms with Crippen molar-refractivity contribution in [1.82, 2.24) is 5.32 Å². The number of nitrogens with one attached hydrogen (secondary N) is 2. The minimum atomic E-state index is -1.14. The number of carboxylic acid groups (broad SMARTS) is 2. The highest BCUT2D eigenvalue weighted by molar-refractivity contribution is 14.1. The van der Waals surface area contributed by atoms with Crippen molar-refractivity contribution in [3.05, 3.63) is 21.8 Å². The lowest BCUT2D eigenvalue weighted by molar-refractivity contribution is -0.137. The van der Waals surface area contributed by atoms with E-state index in [1.54, 1.807) is 0 Å². The molecule has 142 valence electrons. The Morgan fingerprint density at radius 3 is 2.08 bits per heavy atom. The number of aliphatic carboxylic acids is 1. The summed E-state index contributed by atoms with van der Waals surface area (Å²) in [5.41, 5.74) is 0.998. The van der Waals surface area contributed by atoms with Crippen LogP contribution in [0.5, 0.6) is 0 Å². The number of rotatable bonds is 8. The van der Waals surface area contributed by atoms with Crippen LogP contribution in [0, 0.1) is 10.7 Å². The summed E-state index contributed by atoms with van der Waals surface area (Å²) < 4.78 is 1.49. The van der Waals surface area contributed by atoms with Crippen molar-refractivity contribution in [1.29, 1.82) is 0 Å². The van der Waals surface area contributed by atoms with Crippen LogP contribution in [-0.4, -0.2) is 34.0 Å². The summed E-state index contributed by atoms with van der Waals surface area (Å²) in [4.78, 5) is 45.5. The van der Waals surface area contributed by atoms with Gasteiger partial charge in [0.15, 0.2) is 0 Å². The van der Waals surface area contributed by atoms with E-state index in [-0.39, 0.29) is 37.3 Å². The number of aromatic carboxylic acids is 1. The second-order valence-corrected chi connectivity index (χ2v) is 8.42. The Morgan fingerprint density at radius 2 is 1.58 bits per heavy atom. The van der Waals surface area contributed by atoms with Gasteiger partial charge in [0.2, 0.25) is 11.8 Å². The van der Waals surface area contributed by atoms with Crippen molar-refractivity contribution < 1.29 is 29.4 Å². The molecule has 0 heterocycles. The fourth-order valence-electron chi connectivity index (χ4n) is 1.98. The van der Waals surface area contributed by atoms with E-state index in [0.717, 1.165) is 0 Å². The summed E-state index contributed by atoms with van der Waals surface area (Å²) in [5.74, 6) is -2.78. The quantitative estimate of drug-likeness (QED) is 0.309. The van der Waals surface area contributed by atoms with Crippen LogP contribution in [0.2, 0.25) is 0 Å². The number of carbonyl (C=O) groups excluding carboxylic acids is 2. The van der Waals surface area contributed by atoms with Gasteiger partial charge in [-0.05, 0) is 74.2 Å². The lowest BCUT2D eigenvalue weighted by Gasteiger charge is -2.18. The molecule has 11 heteroatoms. The predicted octanol–water partition coefficient (Wildman–Crippen LogP) is 3.03. The lowest BCUT2D eigenvalue weighted by atomic mass is 10.1. The third-order valence-electron chi connectivity index (χ3n) is 3.19. The highest BCUT2D eigenvalue weighted by Crippen LogP contribution is 2.35. The molecule has 0 saturated heterocycles. The van der Waals surface area contributed by atoms with Gasteiger partial charge in [0.1, 0.15) is 0 Å². The van der Waals surface area contributed by atoms with E-state index in [2.05, 4.69) is 10.6 Å². The van der Waals surface area contributed by atoms with Gasteiger partial charge < -0.3 is 20.8 Å². The Labute approximate surface area is 190 Å². The molecule has 0 aliphatic carbocycles. The molecule has 0 unspecified atom stereocenters. The van der Waals surface area contributed by atoms with E-state index in [0.29, 0.717) is 22.0 Å². The molecular formula is C15H15I3N2O6. The summed E-state index contributed by atoms with van der Waals surface area (Å²) in [7, 11) is 0. The van der Waals surface area contributed by atoms with Crippen LogP contribution < -0.4 is 10.6 Å². The maximum atomic E-state index is 12.1. The number of carbonyl (C=O) groups is 4. The van der Waals surface area contributed by atoms with Gasteiger partial charge in [-0.3, -0.25) is 14.4 Å². The van der Waals surface area contributed by atoms with Gasteiger partial charge in [0.05, 0.1) is 14.8 Å². The molecule has 0 aliphatic heterocycles. The summed E-state index contributed by atoms with van der Waals surface area (Å²) in [6, 6.07) is 0. The zero-order chi connectivity index (χ0) is 20.0. The molecule has 4 N–H and O–H groups in total. The van der Waals surface area contributed by atoms with Gasteiger partial charge in [-0.1, -0.05) is 0 Å². The van der Waals surface area contributed by atoms with Crippen LogP contribution in [0.25, 0.3) is 0 Å². The monoisotopic (exact) mass is 700 g/mol. The third kappa shape index (κ3) is 6.47. The van der Waals surface area contributed by atoms with Gasteiger partial charge in [0.25, 0.3) is 0 Å². The number of anilines is 1. The first kappa shape index (κ1) is 23.3. The van der Waals surface area contributed by atoms with Gasteiger partial charge in [-0.2, -0.15) is 0 Å². The highest BCUT2D eigenvalue weighted by Gasteiger charge is 2.25. The number of amides is 2. The van der Waals surface area contributed by atoms with Crippen LogP contribution in [0.4, 0.5) is 5.69 Å². The molecule has 0 radical (unpaired) electrons. The van der Waals surface area contributed by atoms with Crippen molar-refractivity contribution in [2.24, 2.45) is 0 Å². The van der Waals surface area contributed by atoms with Crippen molar-refractivity contribution in [2.75, 3.05) is 5.32 Å². The van der Waals surface area contributed by atoms with Crippen LogP contribution >= 0.6 is 67.8 Å². The average molecular weight is 700 g/mol. The Balaban J connectivity index is 3.24. The number of carboxylic acids is 2. The number of hydrogen-bond acceptors (Lipinski definition) is 4. The van der Waals surface area contributed by atoms with E-state index in [1.165, 1.54) is 6.92 Å². The Hall–Kier alpha value is -0.710. The summed E-state index contributed by atoms with van der Waals surface area (Å²) >= 11 is 5.77. The fraction of sp³-hybridized carbons (Fsp3) is 0.333. The topological polar surface area (TPSA) is 133 Å². The SMILES string of the molecule is CC(=O)NCc1c(I)c(NC(=O)CCCC(=O)O)c(I)c(C(=O)O)c1I. The van der Waals surface area contributed by atoms with Gasteiger partial charge in [-0.15, -0.1) is 0 Å². The first-order chi connectivity index (χ1) is 12.1. The van der Waals surface area contributed by atoms with Crippen LogP contribution in [0.15, 0.2) is 0 Å². The van der Waals surface area contributed by atoms with Gasteiger partial charge >= 0.3 is 11.9 Å². The molecule has 0 aromatic heterocycles. The number of hydrogen-bond donors (Lipinski definition) is 4. The third-order valence-corrected chi connectivity index (χ3v) is 6.65. The normalized spacial score (nSPS) is 10.3. The zero-order valence-corrected chi connectivity index (χ0v) is 20.0. The molecule has 1 aromatic carbocycles. The largest absolute Gasteiger partial charge is 0.481 e. The van der Waals surface area contributed by atoms with E-state index in [9.17, 15) is 24.3 Å². The molecule has 0 atom stereocenters. The molecule has 26 heavy (non-hydrogen) atoms. The average Bonchev–Trinajstić information content (AvgIpc) is 2.50. The van der Waals surface area contributed by atoms with Crippen molar-refractivity contribution >= 4 is 97.2 Å². The van der Waals surface area contributed by atoms with Gasteiger partial charge in [0, 0.05) is 39.0 Å². The van der Waals surface area contributed by atoms with E-state index >= 15 is 0 Å². The van der Waals surface area contributed by atoms with Crippen molar-refractivity contribution in [3.63, 3.8) is 0 Å². The first-order valence-electron chi connectivity index (χ1n) is 7.24. The zero-order valence-electron chi connectivity index (χ0n) is 13.5. The second kappa shape index (κ2) is 10.6. The van der Waals surface area contributed by atoms with Crippen molar-refractivity contribution in [2.45, 2.75) is 32.7 Å². The molecule has 8 nitrogen and oxygen atoms in total. The second-order valence-electron chi connectivity index (χ2n) is 5.18. The molecule has 0 spiro atoms. The number of halogens is 3. The minimum Gasteiger partial charge on any atom is -0.481 e. The molecule has 2 amide bonds. The Kier molecular flexibility index (Phi) is 9.49. The smallest absolute Gasteiger partial charge is 0.337 e. The molecule has 0 saturated carbocycles. The maximum Gasteiger partial charge on any atom is 0.337 e. The van der Waals surface area contributed by atoms with E-state index in [1.807, 2.05) is 67.8 Å². The molecule has 0 aliphatic rings. The van der Waals surface area contributed by atoms with Crippen LogP contribution in [-0.2, 0) is 20.9 Å². The fourth-order valence-corrected chi connectivity index (χ4v) is 6.26. The molecule has 1 aromatic rings. The first-order valence-corrected chi connectivity index (χ1v) is 10.5. The summed E-state index contributed by atoms with van der Waals surface area (Å²) in [5, 5.41) is 23.5. The molecule has 1 rings (SSSR count). The summed E-state index contributed by atoms with van der Waals surface area (Å²) in [6.07, 6.45) is 0.0690. The van der Waals surface area contributed by atoms with Crippen LogP contribution in [0.1, 0.15) is 42.1 Å². The molecule has 0 bridgehead atoms. The Bertz CT molecular complexity index is 766. The highest BCUT2D eigenvalue weighted by atomic mass is 127. The van der Waals surface area contributed by atoms with Crippen molar-refractivity contribution in [3.8, 4) is 0 Å². The van der Waals surface area contributed by atoms with E-state index in [4.69, 9.17) is 5.11 Å². The maximum absolute atomic E-state index is 12.1. The van der Waals surface area contributed by atoms with E-state index < -0.39 is 17.8 Å². The van der Waals surface area contributed by atoms with Crippen LogP contribution in [0.3, 0.4) is 0 Å². The molecular weight excluding hydrogens is 685 g/mol. The minimum absolute atomic E-state index is 0.00782. The predicted molar refractivity (Wildman–Crippen MR) is 119 cm³/mol. The molecule has 0 fully saturated rings. The number of benzene rings is 1.